The van der Waals surface area contributed by atoms with E-state index in [1.807, 2.05) is 36.4 Å². The molecule has 1 aliphatic rings. The lowest BCUT2D eigenvalue weighted by Crippen LogP contribution is -2.39. The molecule has 1 unspecified atom stereocenters. The van der Waals surface area contributed by atoms with Gasteiger partial charge in [0.05, 0.1) is 18.6 Å². The van der Waals surface area contributed by atoms with Crippen LogP contribution in [0.4, 0.5) is 0 Å². The third-order valence-corrected chi connectivity index (χ3v) is 7.39. The smallest absolute Gasteiger partial charge is 0.247 e. The molecule has 3 rings (SSSR count). The van der Waals surface area contributed by atoms with E-state index in [4.69, 9.17) is 4.74 Å². The van der Waals surface area contributed by atoms with Crippen LogP contribution in [0.15, 0.2) is 54.6 Å². The van der Waals surface area contributed by atoms with Crippen molar-refractivity contribution in [3.05, 3.63) is 71.3 Å². The van der Waals surface area contributed by atoms with Gasteiger partial charge >= 0.3 is 0 Å². The van der Waals surface area contributed by atoms with Crippen molar-refractivity contribution in [2.45, 2.75) is 45.2 Å². The molecule has 0 bridgehead atoms. The molecule has 166 valence electrons. The molecule has 2 aromatic carbocycles. The SMILES string of the molecule is COc1ccc(C=CC(=O)N(Cc2ccc(C(C)(C)C)cc2)C2CCS(=O)(=O)C2)cc1. The minimum Gasteiger partial charge on any atom is -0.497 e. The molecule has 1 atom stereocenters. The molecule has 0 N–H and O–H groups in total. The van der Waals surface area contributed by atoms with Crippen molar-refractivity contribution in [1.82, 2.24) is 4.90 Å². The first-order chi connectivity index (χ1) is 14.6. The molecule has 0 aromatic heterocycles. The van der Waals surface area contributed by atoms with Gasteiger partial charge in [-0.15, -0.1) is 0 Å². The predicted octanol–water partition coefficient (Wildman–Crippen LogP) is 4.22. The lowest BCUT2D eigenvalue weighted by Gasteiger charge is -2.28. The molecule has 1 saturated heterocycles. The summed E-state index contributed by atoms with van der Waals surface area (Å²) in [5, 5.41) is 0. The number of nitrogens with zero attached hydrogens (tertiary/aromatic N) is 1. The van der Waals surface area contributed by atoms with Gasteiger partial charge in [-0.25, -0.2) is 8.42 Å². The Morgan fingerprint density at radius 2 is 1.74 bits per heavy atom. The maximum Gasteiger partial charge on any atom is 0.247 e. The largest absolute Gasteiger partial charge is 0.497 e. The molecule has 5 nitrogen and oxygen atoms in total. The number of hydrogen-bond acceptors (Lipinski definition) is 4. The maximum absolute atomic E-state index is 13.1. The van der Waals surface area contributed by atoms with Gasteiger partial charge in [0.1, 0.15) is 5.75 Å². The highest BCUT2D eigenvalue weighted by Gasteiger charge is 2.34. The average Bonchev–Trinajstić information content (AvgIpc) is 3.09. The Morgan fingerprint density at radius 1 is 1.10 bits per heavy atom. The second kappa shape index (κ2) is 9.27. The summed E-state index contributed by atoms with van der Waals surface area (Å²) in [5.74, 6) is 0.722. The topological polar surface area (TPSA) is 63.7 Å². The van der Waals surface area contributed by atoms with Crippen LogP contribution in [0.25, 0.3) is 6.08 Å². The number of amides is 1. The number of benzene rings is 2. The number of methoxy groups -OCH3 is 1. The third-order valence-electron chi connectivity index (χ3n) is 5.64. The number of carbonyl (C=O) groups excluding carboxylic acids is 1. The predicted molar refractivity (Wildman–Crippen MR) is 125 cm³/mol. The Morgan fingerprint density at radius 3 is 2.26 bits per heavy atom. The lowest BCUT2D eigenvalue weighted by molar-refractivity contribution is -0.128. The van der Waals surface area contributed by atoms with Crippen LogP contribution >= 0.6 is 0 Å². The van der Waals surface area contributed by atoms with Gasteiger partial charge in [0.25, 0.3) is 0 Å². The van der Waals surface area contributed by atoms with Crippen molar-refractivity contribution in [3.8, 4) is 5.75 Å². The lowest BCUT2D eigenvalue weighted by atomic mass is 9.86. The fourth-order valence-corrected chi connectivity index (χ4v) is 5.42. The highest BCUT2D eigenvalue weighted by atomic mass is 32.2. The normalized spacial score (nSPS) is 18.3. The van der Waals surface area contributed by atoms with E-state index in [0.717, 1.165) is 16.9 Å². The van der Waals surface area contributed by atoms with Crippen molar-refractivity contribution in [3.63, 3.8) is 0 Å². The van der Waals surface area contributed by atoms with Gasteiger partial charge in [0.15, 0.2) is 9.84 Å². The molecule has 1 heterocycles. The molecule has 0 radical (unpaired) electrons. The summed E-state index contributed by atoms with van der Waals surface area (Å²) in [7, 11) is -1.49. The number of ether oxygens (including phenoxy) is 1. The first kappa shape index (κ1) is 23.1. The van der Waals surface area contributed by atoms with Crippen LogP contribution in [0, 0.1) is 0 Å². The first-order valence-electron chi connectivity index (χ1n) is 10.5. The molecule has 1 amide bonds. The first-order valence-corrected chi connectivity index (χ1v) is 12.3. The summed E-state index contributed by atoms with van der Waals surface area (Å²) in [6.07, 6.45) is 3.75. The summed E-state index contributed by atoms with van der Waals surface area (Å²) < 4.78 is 29.3. The number of rotatable bonds is 6. The summed E-state index contributed by atoms with van der Waals surface area (Å²) >= 11 is 0. The average molecular weight is 442 g/mol. The fourth-order valence-electron chi connectivity index (χ4n) is 3.69. The molecule has 2 aromatic rings. The van der Waals surface area contributed by atoms with Crippen molar-refractivity contribution in [2.24, 2.45) is 0 Å². The van der Waals surface area contributed by atoms with Crippen molar-refractivity contribution in [2.75, 3.05) is 18.6 Å². The molecule has 31 heavy (non-hydrogen) atoms. The van der Waals surface area contributed by atoms with E-state index < -0.39 is 9.84 Å². The van der Waals surface area contributed by atoms with Gasteiger partial charge in [0, 0.05) is 18.7 Å². The van der Waals surface area contributed by atoms with Gasteiger partial charge in [-0.2, -0.15) is 0 Å². The Labute approximate surface area is 185 Å². The third kappa shape index (κ3) is 6.20. The van der Waals surface area contributed by atoms with Crippen molar-refractivity contribution >= 4 is 21.8 Å². The molecule has 1 fully saturated rings. The molecular formula is C25H31NO4S. The zero-order valence-corrected chi connectivity index (χ0v) is 19.5. The van der Waals surface area contributed by atoms with Gasteiger partial charge in [0.2, 0.25) is 5.91 Å². The van der Waals surface area contributed by atoms with Crippen LogP contribution in [0.2, 0.25) is 0 Å². The van der Waals surface area contributed by atoms with E-state index in [2.05, 4.69) is 32.9 Å². The Balaban J connectivity index is 1.80. The van der Waals surface area contributed by atoms with Gasteiger partial charge < -0.3 is 9.64 Å². The minimum atomic E-state index is -3.10. The van der Waals surface area contributed by atoms with E-state index >= 15 is 0 Å². The van der Waals surface area contributed by atoms with Crippen LogP contribution < -0.4 is 4.74 Å². The zero-order chi connectivity index (χ0) is 22.6. The molecule has 0 saturated carbocycles. The number of hydrogen-bond donors (Lipinski definition) is 0. The summed E-state index contributed by atoms with van der Waals surface area (Å²) in [4.78, 5) is 14.8. The highest BCUT2D eigenvalue weighted by molar-refractivity contribution is 7.91. The minimum absolute atomic E-state index is 0.0230. The van der Waals surface area contributed by atoms with E-state index in [-0.39, 0.29) is 28.9 Å². The molecule has 6 heteroatoms. The molecule has 0 aliphatic carbocycles. The second-order valence-corrected chi connectivity index (χ2v) is 11.3. The zero-order valence-electron chi connectivity index (χ0n) is 18.7. The molecule has 1 aliphatic heterocycles. The highest BCUT2D eigenvalue weighted by Crippen LogP contribution is 2.25. The van der Waals surface area contributed by atoms with Crippen LogP contribution in [-0.2, 0) is 26.6 Å². The van der Waals surface area contributed by atoms with Gasteiger partial charge in [-0.05, 0) is 46.7 Å². The number of carbonyl (C=O) groups is 1. The van der Waals surface area contributed by atoms with Crippen molar-refractivity contribution < 1.29 is 17.9 Å². The van der Waals surface area contributed by atoms with E-state index in [9.17, 15) is 13.2 Å². The summed E-state index contributed by atoms with van der Waals surface area (Å²) in [5.41, 5.74) is 3.14. The summed E-state index contributed by atoms with van der Waals surface area (Å²) in [6.45, 7) is 6.86. The van der Waals surface area contributed by atoms with Crippen molar-refractivity contribution in [1.29, 1.82) is 0 Å². The van der Waals surface area contributed by atoms with Gasteiger partial charge in [-0.3, -0.25) is 4.79 Å². The van der Waals surface area contributed by atoms with E-state index in [0.29, 0.717) is 13.0 Å². The quantitative estimate of drug-likeness (QED) is 0.630. The molecular weight excluding hydrogens is 410 g/mol. The van der Waals surface area contributed by atoms with Crippen LogP contribution in [0.1, 0.15) is 43.9 Å². The standard InChI is InChI=1S/C25H31NO4S/c1-25(2,3)21-10-5-20(6-11-21)17-26(22-15-16-31(28,29)18-22)24(27)14-9-19-7-12-23(30-4)13-8-19/h5-14,22H,15-18H2,1-4H3. The Kier molecular flexibility index (Phi) is 6.90. The van der Waals surface area contributed by atoms with E-state index in [1.165, 1.54) is 11.6 Å². The monoisotopic (exact) mass is 441 g/mol. The van der Waals surface area contributed by atoms with Crippen LogP contribution in [0.5, 0.6) is 5.75 Å². The number of sulfone groups is 1. The Bertz CT molecular complexity index is 1030. The maximum atomic E-state index is 13.1. The van der Waals surface area contributed by atoms with Crippen LogP contribution in [0.3, 0.4) is 0 Å². The fraction of sp³-hybridized carbons (Fsp3) is 0.400. The van der Waals surface area contributed by atoms with E-state index in [1.54, 1.807) is 18.1 Å². The Hall–Kier alpha value is -2.60. The van der Waals surface area contributed by atoms with Crippen LogP contribution in [-0.4, -0.2) is 43.9 Å². The molecule has 0 spiro atoms. The summed E-state index contributed by atoms with van der Waals surface area (Å²) in [6, 6.07) is 15.3. The second-order valence-electron chi connectivity index (χ2n) is 9.08. The van der Waals surface area contributed by atoms with Gasteiger partial charge in [-0.1, -0.05) is 57.2 Å².